The van der Waals surface area contributed by atoms with Gasteiger partial charge >= 0.3 is 6.98 Å². The Balaban J connectivity index is 3.95. The van der Waals surface area contributed by atoms with E-state index in [-0.39, 0.29) is 5.98 Å². The molecule has 0 amide bonds. The number of aliphatic hydroxyl groups excluding tert-OH is 1. The van der Waals surface area contributed by atoms with E-state index in [9.17, 15) is 12.9 Å². The molecule has 1 N–H and O–H groups in total. The molecule has 0 bridgehead atoms. The van der Waals surface area contributed by atoms with Gasteiger partial charge in [-0.2, -0.15) is 0 Å². The standard InChI is InChI=1S/C3H4BClF3O/c5-3(2-9)1-4(6,7)8/h1,9H,2H2/q-1/b3-1-. The molecule has 0 aromatic heterocycles. The summed E-state index contributed by atoms with van der Waals surface area (Å²) in [6.07, 6.45) is 0. The highest BCUT2D eigenvalue weighted by Crippen LogP contribution is 2.14. The molecule has 0 atom stereocenters. The summed E-state index contributed by atoms with van der Waals surface area (Å²) in [5.41, 5.74) is 0. The average molecular weight is 159 g/mol. The van der Waals surface area contributed by atoms with Crippen LogP contribution in [-0.4, -0.2) is 18.7 Å². The van der Waals surface area contributed by atoms with Crippen molar-refractivity contribution in [2.45, 2.75) is 0 Å². The number of aliphatic hydroxyl groups is 1. The van der Waals surface area contributed by atoms with Crippen LogP contribution in [0.4, 0.5) is 12.9 Å². The van der Waals surface area contributed by atoms with Gasteiger partial charge in [-0.3, -0.25) is 0 Å². The van der Waals surface area contributed by atoms with Crippen molar-refractivity contribution in [3.05, 3.63) is 11.0 Å². The summed E-state index contributed by atoms with van der Waals surface area (Å²) in [6, 6.07) is 0. The molecule has 0 aliphatic heterocycles. The fourth-order valence-electron chi connectivity index (χ4n) is 0.258. The molecule has 0 aliphatic rings. The monoisotopic (exact) mass is 159 g/mol. The Morgan fingerprint density at radius 3 is 2.11 bits per heavy atom. The first-order chi connectivity index (χ1) is 3.95. The second-order valence-electron chi connectivity index (χ2n) is 1.40. The smallest absolute Gasteiger partial charge is 0.445 e. The first-order valence-electron chi connectivity index (χ1n) is 2.14. The summed E-state index contributed by atoms with van der Waals surface area (Å²) in [5.74, 6) is -0.0957. The summed E-state index contributed by atoms with van der Waals surface area (Å²) in [7, 11) is 0. The van der Waals surface area contributed by atoms with E-state index in [1.807, 2.05) is 0 Å². The summed E-state index contributed by atoms with van der Waals surface area (Å²) >= 11 is 4.86. The molecule has 0 radical (unpaired) electrons. The summed E-state index contributed by atoms with van der Waals surface area (Å²) in [5, 5.41) is 7.43. The Morgan fingerprint density at radius 2 is 2.00 bits per heavy atom. The van der Waals surface area contributed by atoms with Crippen LogP contribution in [0.15, 0.2) is 11.0 Å². The van der Waals surface area contributed by atoms with E-state index >= 15 is 0 Å². The van der Waals surface area contributed by atoms with Crippen molar-refractivity contribution in [2.75, 3.05) is 6.61 Å². The topological polar surface area (TPSA) is 20.2 Å². The van der Waals surface area contributed by atoms with Crippen LogP contribution < -0.4 is 0 Å². The zero-order valence-electron chi connectivity index (χ0n) is 4.32. The van der Waals surface area contributed by atoms with E-state index < -0.39 is 18.6 Å². The molecule has 1 nitrogen and oxygen atoms in total. The molecule has 9 heavy (non-hydrogen) atoms. The van der Waals surface area contributed by atoms with Gasteiger partial charge in [0, 0.05) is 5.03 Å². The molecular formula is C3H4BClF3O-. The molecule has 0 aliphatic carbocycles. The van der Waals surface area contributed by atoms with E-state index in [1.165, 1.54) is 0 Å². The largest absolute Gasteiger partial charge is 0.503 e. The lowest BCUT2D eigenvalue weighted by atomic mass is 9.92. The Morgan fingerprint density at radius 1 is 1.56 bits per heavy atom. The van der Waals surface area contributed by atoms with Gasteiger partial charge in [0.05, 0.1) is 6.61 Å². The van der Waals surface area contributed by atoms with Gasteiger partial charge in [-0.25, -0.2) is 0 Å². The molecular weight excluding hydrogens is 155 g/mol. The number of halogens is 4. The van der Waals surface area contributed by atoms with E-state index in [0.29, 0.717) is 0 Å². The maximum Gasteiger partial charge on any atom is 0.503 e. The average Bonchev–Trinajstić information content (AvgIpc) is 1.62. The van der Waals surface area contributed by atoms with Crippen LogP contribution in [0.25, 0.3) is 0 Å². The molecule has 0 spiro atoms. The van der Waals surface area contributed by atoms with Crippen molar-refractivity contribution in [2.24, 2.45) is 0 Å². The van der Waals surface area contributed by atoms with Crippen molar-refractivity contribution in [3.63, 3.8) is 0 Å². The molecule has 0 heterocycles. The minimum absolute atomic E-state index is 0.0957. The van der Waals surface area contributed by atoms with Gasteiger partial charge in [-0.05, 0) is 0 Å². The SMILES string of the molecule is OC/C(Cl)=C/[B-](F)(F)F. The van der Waals surface area contributed by atoms with Gasteiger partial charge in [0.1, 0.15) is 0 Å². The quantitative estimate of drug-likeness (QED) is 0.605. The molecule has 0 fully saturated rings. The van der Waals surface area contributed by atoms with E-state index in [4.69, 9.17) is 16.7 Å². The van der Waals surface area contributed by atoms with Crippen LogP contribution in [0.5, 0.6) is 0 Å². The fourth-order valence-corrected chi connectivity index (χ4v) is 0.401. The molecule has 0 rings (SSSR count). The van der Waals surface area contributed by atoms with Gasteiger partial charge in [-0.1, -0.05) is 11.6 Å². The Kier molecular flexibility index (Phi) is 3.07. The maximum atomic E-state index is 11.3. The number of hydrogen-bond donors (Lipinski definition) is 1. The third kappa shape index (κ3) is 5.72. The highest BCUT2D eigenvalue weighted by Gasteiger charge is 2.18. The van der Waals surface area contributed by atoms with Crippen molar-refractivity contribution < 1.29 is 18.1 Å². The zero-order chi connectivity index (χ0) is 7.49. The molecule has 0 aromatic rings. The normalized spacial score (nSPS) is 14.1. The summed E-state index contributed by atoms with van der Waals surface area (Å²) in [6.45, 7) is -5.76. The predicted molar refractivity (Wildman–Crippen MR) is 30.1 cm³/mol. The van der Waals surface area contributed by atoms with Crippen LogP contribution in [0.3, 0.4) is 0 Å². The molecule has 0 saturated carbocycles. The predicted octanol–water partition coefficient (Wildman–Crippen LogP) is 1.49. The Hall–Kier alpha value is -0.155. The molecule has 0 aromatic carbocycles. The first kappa shape index (κ1) is 8.84. The van der Waals surface area contributed by atoms with Crippen LogP contribution in [0.1, 0.15) is 0 Å². The zero-order valence-corrected chi connectivity index (χ0v) is 5.08. The van der Waals surface area contributed by atoms with Gasteiger partial charge in [0.25, 0.3) is 0 Å². The lowest BCUT2D eigenvalue weighted by molar-refractivity contribution is 0.338. The van der Waals surface area contributed by atoms with Crippen molar-refractivity contribution in [3.8, 4) is 0 Å². The minimum atomic E-state index is -5.00. The Labute approximate surface area is 55.2 Å². The van der Waals surface area contributed by atoms with Gasteiger partial charge in [0.15, 0.2) is 0 Å². The minimum Gasteiger partial charge on any atom is -0.445 e. The lowest BCUT2D eigenvalue weighted by Crippen LogP contribution is -2.11. The summed E-state index contributed by atoms with van der Waals surface area (Å²) < 4.78 is 33.9. The van der Waals surface area contributed by atoms with E-state index in [2.05, 4.69) is 0 Å². The Bertz CT molecular complexity index is 121. The highest BCUT2D eigenvalue weighted by atomic mass is 35.5. The van der Waals surface area contributed by atoms with Crippen LogP contribution in [0, 0.1) is 0 Å². The molecule has 6 heteroatoms. The third-order valence-corrected chi connectivity index (χ3v) is 0.766. The fraction of sp³-hybridized carbons (Fsp3) is 0.333. The first-order valence-corrected chi connectivity index (χ1v) is 2.51. The van der Waals surface area contributed by atoms with Gasteiger partial charge < -0.3 is 18.1 Å². The van der Waals surface area contributed by atoms with Gasteiger partial charge in [-0.15, -0.1) is 5.98 Å². The lowest BCUT2D eigenvalue weighted by Gasteiger charge is -2.06. The summed E-state index contributed by atoms with van der Waals surface area (Å²) in [4.78, 5) is 0. The maximum absolute atomic E-state index is 11.3. The van der Waals surface area contributed by atoms with Crippen LogP contribution in [-0.2, 0) is 0 Å². The van der Waals surface area contributed by atoms with Crippen molar-refractivity contribution in [1.29, 1.82) is 0 Å². The van der Waals surface area contributed by atoms with Crippen LogP contribution in [0.2, 0.25) is 0 Å². The molecule has 0 saturated heterocycles. The van der Waals surface area contributed by atoms with Crippen molar-refractivity contribution in [1.82, 2.24) is 0 Å². The van der Waals surface area contributed by atoms with Crippen molar-refractivity contribution >= 4 is 18.6 Å². The second-order valence-corrected chi connectivity index (χ2v) is 1.88. The highest BCUT2D eigenvalue weighted by molar-refractivity contribution is 6.65. The van der Waals surface area contributed by atoms with Gasteiger partial charge in [0.2, 0.25) is 0 Å². The molecule has 0 unspecified atom stereocenters. The third-order valence-electron chi connectivity index (χ3n) is 0.521. The second kappa shape index (κ2) is 3.13. The van der Waals surface area contributed by atoms with Crippen LogP contribution >= 0.6 is 11.6 Å². The number of rotatable bonds is 2. The molecule has 54 valence electrons. The number of hydrogen-bond acceptors (Lipinski definition) is 1. The van der Waals surface area contributed by atoms with E-state index in [0.717, 1.165) is 0 Å². The van der Waals surface area contributed by atoms with E-state index in [1.54, 1.807) is 0 Å².